The van der Waals surface area contributed by atoms with Gasteiger partial charge in [0.15, 0.2) is 0 Å². The number of hydrogen-bond donors (Lipinski definition) is 1. The first kappa shape index (κ1) is 18.2. The first-order valence-electron chi connectivity index (χ1n) is 8.46. The van der Waals surface area contributed by atoms with E-state index < -0.39 is 0 Å². The molecule has 3 aromatic rings. The van der Waals surface area contributed by atoms with E-state index in [1.807, 2.05) is 31.2 Å². The molecule has 1 aromatic heterocycles. The number of carbonyl (C=O) groups is 1. The zero-order valence-corrected chi connectivity index (χ0v) is 15.7. The minimum Gasteiger partial charge on any atom is -0.407 e. The van der Waals surface area contributed by atoms with E-state index in [2.05, 4.69) is 46.7 Å². The average molecular weight is 367 g/mol. The van der Waals surface area contributed by atoms with Crippen LogP contribution >= 0.6 is 11.8 Å². The predicted molar refractivity (Wildman–Crippen MR) is 103 cm³/mol. The van der Waals surface area contributed by atoms with Gasteiger partial charge in [0.2, 0.25) is 11.8 Å². The van der Waals surface area contributed by atoms with E-state index in [0.717, 1.165) is 10.5 Å². The summed E-state index contributed by atoms with van der Waals surface area (Å²) in [4.78, 5) is 13.2. The van der Waals surface area contributed by atoms with Gasteiger partial charge in [0.05, 0.1) is 6.42 Å². The third-order valence-corrected chi connectivity index (χ3v) is 4.82. The van der Waals surface area contributed by atoms with Crippen LogP contribution in [0, 0.1) is 13.8 Å². The molecule has 0 bridgehead atoms. The lowest BCUT2D eigenvalue weighted by atomic mass is 10.1. The van der Waals surface area contributed by atoms with E-state index in [1.165, 1.54) is 11.1 Å². The van der Waals surface area contributed by atoms with Gasteiger partial charge < -0.3 is 4.42 Å². The molecule has 3 rings (SSSR count). The Bertz CT molecular complexity index is 858. The zero-order valence-electron chi connectivity index (χ0n) is 14.9. The van der Waals surface area contributed by atoms with Crippen molar-refractivity contribution < 1.29 is 9.21 Å². The lowest BCUT2D eigenvalue weighted by molar-refractivity contribution is -0.115. The van der Waals surface area contributed by atoms with E-state index >= 15 is 0 Å². The molecule has 0 unspecified atom stereocenters. The van der Waals surface area contributed by atoms with Crippen molar-refractivity contribution in [3.63, 3.8) is 0 Å². The van der Waals surface area contributed by atoms with Crippen molar-refractivity contribution in [1.29, 1.82) is 0 Å². The van der Waals surface area contributed by atoms with Crippen molar-refractivity contribution in [1.82, 2.24) is 10.2 Å². The molecule has 6 heteroatoms. The Balaban J connectivity index is 1.45. The Morgan fingerprint density at radius 3 is 2.35 bits per heavy atom. The van der Waals surface area contributed by atoms with Crippen LogP contribution in [0.3, 0.4) is 0 Å². The summed E-state index contributed by atoms with van der Waals surface area (Å²) in [6.45, 7) is 4.10. The standard InChI is InChI=1S/C20H21N3O2S/c1-14-3-7-16(8-4-14)13-19-22-23-20(25-19)21-18(24)11-12-26-17-9-5-15(2)6-10-17/h3-10H,11-13H2,1-2H3,(H,21,23,24). The van der Waals surface area contributed by atoms with Gasteiger partial charge >= 0.3 is 6.01 Å². The predicted octanol–water partition coefficient (Wildman–Crippen LogP) is 4.40. The molecular formula is C20H21N3O2S. The van der Waals surface area contributed by atoms with Crippen LogP contribution in [0.15, 0.2) is 57.8 Å². The Hall–Kier alpha value is -2.60. The molecule has 0 fully saturated rings. The monoisotopic (exact) mass is 367 g/mol. The summed E-state index contributed by atoms with van der Waals surface area (Å²) in [5.41, 5.74) is 3.52. The van der Waals surface area contributed by atoms with Crippen LogP contribution in [0.5, 0.6) is 0 Å². The summed E-state index contributed by atoms with van der Waals surface area (Å²) >= 11 is 1.65. The summed E-state index contributed by atoms with van der Waals surface area (Å²) in [5, 5.41) is 10.5. The molecule has 0 atom stereocenters. The van der Waals surface area contributed by atoms with Gasteiger partial charge in [-0.3, -0.25) is 10.1 Å². The van der Waals surface area contributed by atoms with Crippen molar-refractivity contribution in [3.05, 3.63) is 71.1 Å². The van der Waals surface area contributed by atoms with Crippen LogP contribution in [0.2, 0.25) is 0 Å². The number of anilines is 1. The first-order valence-corrected chi connectivity index (χ1v) is 9.44. The van der Waals surface area contributed by atoms with Gasteiger partial charge in [-0.15, -0.1) is 16.9 Å². The van der Waals surface area contributed by atoms with Gasteiger partial charge in [-0.25, -0.2) is 0 Å². The number of amides is 1. The van der Waals surface area contributed by atoms with E-state index in [9.17, 15) is 4.79 Å². The Labute approximate surface area is 157 Å². The van der Waals surface area contributed by atoms with Crippen molar-refractivity contribution >= 4 is 23.7 Å². The molecule has 0 aliphatic rings. The molecule has 0 aliphatic carbocycles. The molecule has 0 spiro atoms. The molecule has 134 valence electrons. The van der Waals surface area contributed by atoms with E-state index in [4.69, 9.17) is 4.42 Å². The maximum absolute atomic E-state index is 12.0. The number of rotatable bonds is 7. The molecule has 2 aromatic carbocycles. The third-order valence-electron chi connectivity index (χ3n) is 3.81. The van der Waals surface area contributed by atoms with E-state index in [0.29, 0.717) is 24.5 Å². The molecule has 1 amide bonds. The highest BCUT2D eigenvalue weighted by atomic mass is 32.2. The number of carbonyl (C=O) groups excluding carboxylic acids is 1. The highest BCUT2D eigenvalue weighted by Gasteiger charge is 2.10. The fraction of sp³-hybridized carbons (Fsp3) is 0.250. The van der Waals surface area contributed by atoms with Gasteiger partial charge in [0, 0.05) is 17.1 Å². The van der Waals surface area contributed by atoms with Gasteiger partial charge in [0.1, 0.15) is 0 Å². The number of nitrogens with one attached hydrogen (secondary N) is 1. The normalized spacial score (nSPS) is 10.7. The smallest absolute Gasteiger partial charge is 0.322 e. The maximum atomic E-state index is 12.0. The number of benzene rings is 2. The van der Waals surface area contributed by atoms with Crippen LogP contribution in [0.25, 0.3) is 0 Å². The van der Waals surface area contributed by atoms with E-state index in [1.54, 1.807) is 11.8 Å². The van der Waals surface area contributed by atoms with Gasteiger partial charge in [0.25, 0.3) is 0 Å². The van der Waals surface area contributed by atoms with Crippen molar-refractivity contribution in [2.75, 3.05) is 11.1 Å². The Kier molecular flexibility index (Phi) is 6.07. The first-order chi connectivity index (χ1) is 12.6. The van der Waals surface area contributed by atoms with Crippen molar-refractivity contribution in [2.24, 2.45) is 0 Å². The van der Waals surface area contributed by atoms with Crippen LogP contribution in [0.4, 0.5) is 6.01 Å². The maximum Gasteiger partial charge on any atom is 0.322 e. The Morgan fingerprint density at radius 1 is 1.00 bits per heavy atom. The summed E-state index contributed by atoms with van der Waals surface area (Å²) in [5.74, 6) is 1.05. The van der Waals surface area contributed by atoms with Gasteiger partial charge in [-0.05, 0) is 31.5 Å². The molecule has 5 nitrogen and oxygen atoms in total. The highest BCUT2D eigenvalue weighted by molar-refractivity contribution is 7.99. The topological polar surface area (TPSA) is 68.0 Å². The van der Waals surface area contributed by atoms with E-state index in [-0.39, 0.29) is 11.9 Å². The largest absolute Gasteiger partial charge is 0.407 e. The van der Waals surface area contributed by atoms with Crippen LogP contribution in [-0.4, -0.2) is 21.9 Å². The van der Waals surface area contributed by atoms with Gasteiger partial charge in [-0.1, -0.05) is 52.6 Å². The summed E-state index contributed by atoms with van der Waals surface area (Å²) in [6, 6.07) is 16.5. The highest BCUT2D eigenvalue weighted by Crippen LogP contribution is 2.19. The SMILES string of the molecule is Cc1ccc(Cc2nnc(NC(=O)CCSc3ccc(C)cc3)o2)cc1. The minimum atomic E-state index is -0.129. The fourth-order valence-electron chi connectivity index (χ4n) is 2.33. The van der Waals surface area contributed by atoms with Crippen molar-refractivity contribution in [3.8, 4) is 0 Å². The Morgan fingerprint density at radius 2 is 1.65 bits per heavy atom. The second-order valence-corrected chi connectivity index (χ2v) is 7.29. The molecular weight excluding hydrogens is 346 g/mol. The second-order valence-electron chi connectivity index (χ2n) is 6.12. The fourth-order valence-corrected chi connectivity index (χ4v) is 3.19. The lowest BCUT2D eigenvalue weighted by Crippen LogP contribution is -2.12. The minimum absolute atomic E-state index is 0.129. The molecule has 1 N–H and O–H groups in total. The third kappa shape index (κ3) is 5.46. The lowest BCUT2D eigenvalue weighted by Gasteiger charge is -2.02. The number of thioether (sulfide) groups is 1. The number of aromatic nitrogens is 2. The van der Waals surface area contributed by atoms with Gasteiger partial charge in [-0.2, -0.15) is 0 Å². The molecule has 26 heavy (non-hydrogen) atoms. The van der Waals surface area contributed by atoms with Crippen LogP contribution < -0.4 is 5.32 Å². The van der Waals surface area contributed by atoms with Crippen molar-refractivity contribution in [2.45, 2.75) is 31.6 Å². The molecule has 0 saturated carbocycles. The number of hydrogen-bond acceptors (Lipinski definition) is 5. The molecule has 0 aliphatic heterocycles. The molecule has 0 saturated heterocycles. The number of aryl methyl sites for hydroxylation is 2. The van der Waals surface area contributed by atoms with Crippen LogP contribution in [-0.2, 0) is 11.2 Å². The quantitative estimate of drug-likeness (QED) is 0.627. The molecule has 0 radical (unpaired) electrons. The molecule has 1 heterocycles. The summed E-state index contributed by atoms with van der Waals surface area (Å²) in [7, 11) is 0. The second kappa shape index (κ2) is 8.67. The zero-order chi connectivity index (χ0) is 18.4. The number of nitrogens with zero attached hydrogens (tertiary/aromatic N) is 2. The summed E-state index contributed by atoms with van der Waals surface area (Å²) < 4.78 is 5.51. The van der Waals surface area contributed by atoms with Crippen LogP contribution in [0.1, 0.15) is 29.0 Å². The summed E-state index contributed by atoms with van der Waals surface area (Å²) in [6.07, 6.45) is 0.931. The average Bonchev–Trinajstić information content (AvgIpc) is 3.05.